The van der Waals surface area contributed by atoms with Crippen molar-refractivity contribution in [3.63, 3.8) is 0 Å². The van der Waals surface area contributed by atoms with Gasteiger partial charge in [-0.2, -0.15) is 12.6 Å². The van der Waals surface area contributed by atoms with Gasteiger partial charge in [0.15, 0.2) is 0 Å². The van der Waals surface area contributed by atoms with Crippen LogP contribution in [0.1, 0.15) is 0 Å². The van der Waals surface area contributed by atoms with Crippen molar-refractivity contribution in [1.82, 2.24) is 5.48 Å². The topological polar surface area (TPSA) is 64.4 Å². The van der Waals surface area contributed by atoms with Gasteiger partial charge in [0.25, 0.3) is 5.91 Å². The molecule has 0 radical (unpaired) electrons. The molecule has 0 heterocycles. The maximum absolute atomic E-state index is 10.3. The Bertz CT molecular complexity index is 88.6. The fourth-order valence-electron chi connectivity index (χ4n) is 0.219. The van der Waals surface area contributed by atoms with Gasteiger partial charge in [0, 0.05) is 5.75 Å². The first-order valence-electron chi connectivity index (χ1n) is 2.52. The number of hydroxylamine groups is 1. The maximum atomic E-state index is 10.3. The lowest BCUT2D eigenvalue weighted by molar-refractivity contribution is -0.131. The van der Waals surface area contributed by atoms with Crippen molar-refractivity contribution in [3.8, 4) is 0 Å². The number of amides is 1. The number of hydrogen-bond donors (Lipinski definition) is 3. The van der Waals surface area contributed by atoms with Gasteiger partial charge in [-0.3, -0.25) is 9.63 Å². The quantitative estimate of drug-likeness (QED) is 0.271. The normalized spacial score (nSPS) is 9.11. The molecule has 0 bridgehead atoms. The van der Waals surface area contributed by atoms with Gasteiger partial charge in [-0.05, 0) is 0 Å². The first-order chi connectivity index (χ1) is 4.31. The zero-order valence-electron chi connectivity index (χ0n) is 4.96. The molecule has 4 nitrogen and oxygen atoms in total. The Kier molecular flexibility index (Phi) is 5.70. The smallest absolute Gasteiger partial charge is 0.257 e. The highest BCUT2D eigenvalue weighted by Gasteiger charge is 1.92. The minimum absolute atomic E-state index is 0.0490. The molecule has 0 aromatic heterocycles. The van der Waals surface area contributed by atoms with Crippen LogP contribution in [-0.4, -0.2) is 24.8 Å². The Balaban J connectivity index is 2.97. The van der Waals surface area contributed by atoms with Crippen molar-refractivity contribution in [2.24, 2.45) is 5.73 Å². The van der Waals surface area contributed by atoms with Crippen molar-refractivity contribution in [2.75, 3.05) is 18.9 Å². The molecule has 54 valence electrons. The summed E-state index contributed by atoms with van der Waals surface area (Å²) < 4.78 is 0. The van der Waals surface area contributed by atoms with Crippen LogP contribution in [0.5, 0.6) is 0 Å². The summed E-state index contributed by atoms with van der Waals surface area (Å²) in [5.74, 6) is 0.252. The highest BCUT2D eigenvalue weighted by Crippen LogP contribution is 1.72. The summed E-state index contributed by atoms with van der Waals surface area (Å²) in [6, 6.07) is 0. The minimum atomic E-state index is -0.322. The van der Waals surface area contributed by atoms with E-state index in [0.29, 0.717) is 12.4 Å². The number of carbonyl (C=O) groups excluding carboxylic acids is 1. The summed E-state index contributed by atoms with van der Waals surface area (Å²) >= 11 is 3.84. The molecule has 0 rings (SSSR count). The van der Waals surface area contributed by atoms with E-state index in [2.05, 4.69) is 22.9 Å². The van der Waals surface area contributed by atoms with Gasteiger partial charge >= 0.3 is 0 Å². The molecule has 0 aliphatic heterocycles. The average Bonchev–Trinajstić information content (AvgIpc) is 1.89. The summed E-state index contributed by atoms with van der Waals surface area (Å²) in [5, 5.41) is 0. The van der Waals surface area contributed by atoms with E-state index >= 15 is 0 Å². The first-order valence-corrected chi connectivity index (χ1v) is 3.16. The lowest BCUT2D eigenvalue weighted by Gasteiger charge is -2.00. The van der Waals surface area contributed by atoms with Gasteiger partial charge in [-0.25, -0.2) is 5.48 Å². The third-order valence-electron chi connectivity index (χ3n) is 0.565. The number of rotatable bonds is 4. The molecule has 0 aromatic rings. The van der Waals surface area contributed by atoms with Crippen LogP contribution in [-0.2, 0) is 9.63 Å². The maximum Gasteiger partial charge on any atom is 0.257 e. The number of hydrogen-bond acceptors (Lipinski definition) is 4. The van der Waals surface area contributed by atoms with E-state index < -0.39 is 0 Å². The summed E-state index contributed by atoms with van der Waals surface area (Å²) in [5.41, 5.74) is 7.06. The van der Waals surface area contributed by atoms with Crippen LogP contribution in [0.15, 0.2) is 0 Å². The van der Waals surface area contributed by atoms with Crippen molar-refractivity contribution in [1.29, 1.82) is 0 Å². The molecule has 0 spiro atoms. The summed E-state index contributed by atoms with van der Waals surface area (Å²) in [4.78, 5) is 14.9. The third kappa shape index (κ3) is 5.61. The number of carbonyl (C=O) groups is 1. The van der Waals surface area contributed by atoms with Gasteiger partial charge in [0.2, 0.25) is 0 Å². The van der Waals surface area contributed by atoms with Gasteiger partial charge in [0.1, 0.15) is 0 Å². The van der Waals surface area contributed by atoms with Crippen LogP contribution < -0.4 is 11.2 Å². The third-order valence-corrected chi connectivity index (χ3v) is 0.747. The second kappa shape index (κ2) is 5.87. The van der Waals surface area contributed by atoms with Crippen molar-refractivity contribution in [3.05, 3.63) is 0 Å². The SMILES string of the molecule is NCC(=O)NOCCS. The highest BCUT2D eigenvalue weighted by molar-refractivity contribution is 7.80. The molecule has 0 aromatic carbocycles. The molecule has 0 aliphatic carbocycles. The molecule has 5 heteroatoms. The number of nitrogens with one attached hydrogen (secondary N) is 1. The van der Waals surface area contributed by atoms with E-state index in [4.69, 9.17) is 5.73 Å². The second-order valence-electron chi connectivity index (χ2n) is 1.30. The zero-order valence-corrected chi connectivity index (χ0v) is 5.86. The van der Waals surface area contributed by atoms with Gasteiger partial charge in [-0.1, -0.05) is 0 Å². The minimum Gasteiger partial charge on any atom is -0.322 e. The molecular formula is C4H10N2O2S. The molecule has 3 N–H and O–H groups in total. The van der Waals surface area contributed by atoms with Crippen molar-refractivity contribution in [2.45, 2.75) is 0 Å². The average molecular weight is 150 g/mol. The standard InChI is InChI=1S/C4H10N2O2S/c5-3-4(7)6-8-1-2-9/h9H,1-3,5H2,(H,6,7). The molecular weight excluding hydrogens is 140 g/mol. The van der Waals surface area contributed by atoms with Crippen molar-refractivity contribution >= 4 is 18.5 Å². The fourth-order valence-corrected chi connectivity index (χ4v) is 0.310. The van der Waals surface area contributed by atoms with Crippen molar-refractivity contribution < 1.29 is 9.63 Å². The predicted octanol–water partition coefficient (Wildman–Crippen LogP) is -1.08. The Morgan fingerprint density at radius 2 is 2.44 bits per heavy atom. The predicted molar refractivity (Wildman–Crippen MR) is 37.0 cm³/mol. The van der Waals surface area contributed by atoms with E-state index in [1.165, 1.54) is 0 Å². The van der Waals surface area contributed by atoms with Crippen LogP contribution >= 0.6 is 12.6 Å². The molecule has 0 unspecified atom stereocenters. The molecule has 0 fully saturated rings. The van der Waals surface area contributed by atoms with E-state index in [1.54, 1.807) is 0 Å². The van der Waals surface area contributed by atoms with Gasteiger partial charge in [-0.15, -0.1) is 0 Å². The Hall–Kier alpha value is -0.260. The van der Waals surface area contributed by atoms with Crippen LogP contribution in [0.25, 0.3) is 0 Å². The molecule has 1 amide bonds. The first kappa shape index (κ1) is 8.74. The monoisotopic (exact) mass is 150 g/mol. The largest absolute Gasteiger partial charge is 0.322 e. The van der Waals surface area contributed by atoms with Crippen LogP contribution in [0.4, 0.5) is 0 Å². The van der Waals surface area contributed by atoms with Crippen LogP contribution in [0.2, 0.25) is 0 Å². The zero-order chi connectivity index (χ0) is 7.11. The Morgan fingerprint density at radius 1 is 1.78 bits per heavy atom. The van der Waals surface area contributed by atoms with Gasteiger partial charge < -0.3 is 5.73 Å². The second-order valence-corrected chi connectivity index (χ2v) is 1.75. The summed E-state index contributed by atoms with van der Waals surface area (Å²) in [6.45, 7) is 0.349. The molecule has 0 saturated heterocycles. The molecule has 0 saturated carbocycles. The number of thiol groups is 1. The molecule has 0 atom stereocenters. The lowest BCUT2D eigenvalue weighted by atomic mass is 10.7. The molecule has 9 heavy (non-hydrogen) atoms. The Labute approximate surface area is 59.1 Å². The number of nitrogens with two attached hydrogens (primary N) is 1. The van der Waals surface area contributed by atoms with Crippen LogP contribution in [0.3, 0.4) is 0 Å². The molecule has 0 aliphatic rings. The Morgan fingerprint density at radius 3 is 2.89 bits per heavy atom. The highest BCUT2D eigenvalue weighted by atomic mass is 32.1. The lowest BCUT2D eigenvalue weighted by Crippen LogP contribution is -2.30. The van der Waals surface area contributed by atoms with E-state index in [9.17, 15) is 4.79 Å². The van der Waals surface area contributed by atoms with E-state index in [1.807, 2.05) is 0 Å². The summed E-state index contributed by atoms with van der Waals surface area (Å²) in [6.07, 6.45) is 0. The van der Waals surface area contributed by atoms with E-state index in [0.717, 1.165) is 0 Å². The van der Waals surface area contributed by atoms with E-state index in [-0.39, 0.29) is 12.5 Å². The van der Waals surface area contributed by atoms with Gasteiger partial charge in [0.05, 0.1) is 13.2 Å². The van der Waals surface area contributed by atoms with Crippen LogP contribution in [0, 0.1) is 0 Å². The summed E-state index contributed by atoms with van der Waals surface area (Å²) in [7, 11) is 0. The fraction of sp³-hybridized carbons (Fsp3) is 0.750.